The number of aryl methyl sites for hydroxylation is 2. The van der Waals surface area contributed by atoms with Gasteiger partial charge in [-0.25, -0.2) is 4.98 Å². The molecule has 0 aliphatic heterocycles. The summed E-state index contributed by atoms with van der Waals surface area (Å²) in [6.45, 7) is 0. The van der Waals surface area contributed by atoms with Gasteiger partial charge in [0.05, 0.1) is 7.11 Å². The highest BCUT2D eigenvalue weighted by Gasteiger charge is 2.21. The summed E-state index contributed by atoms with van der Waals surface area (Å²) in [6, 6.07) is 15.6. The van der Waals surface area contributed by atoms with Crippen molar-refractivity contribution in [2.45, 2.75) is 25.3 Å². The van der Waals surface area contributed by atoms with Crippen LogP contribution in [-0.2, 0) is 18.3 Å². The molecule has 2 aromatic carbocycles. The topological polar surface area (TPSA) is 71.9 Å². The zero-order valence-electron chi connectivity index (χ0n) is 17.3. The molecule has 2 N–H and O–H groups in total. The summed E-state index contributed by atoms with van der Waals surface area (Å²) in [6.07, 6.45) is 7.74. The molecule has 0 fully saturated rings. The van der Waals surface area contributed by atoms with Crippen molar-refractivity contribution in [1.82, 2.24) is 19.9 Å². The summed E-state index contributed by atoms with van der Waals surface area (Å²) in [5, 5.41) is 4.38. The van der Waals surface area contributed by atoms with Crippen LogP contribution < -0.4 is 10.1 Å². The van der Waals surface area contributed by atoms with Crippen LogP contribution in [0.2, 0.25) is 0 Å². The number of imidazole rings is 1. The molecule has 2 aromatic heterocycles. The lowest BCUT2D eigenvalue weighted by Crippen LogP contribution is -2.31. The fourth-order valence-electron chi connectivity index (χ4n) is 3.78. The monoisotopic (exact) mass is 402 g/mol. The molecule has 4 aromatic rings. The number of methoxy groups -OCH3 is 1. The average Bonchev–Trinajstić information content (AvgIpc) is 3.38. The van der Waals surface area contributed by atoms with E-state index in [-0.39, 0.29) is 11.9 Å². The number of hydrogen-bond acceptors (Lipinski definition) is 3. The summed E-state index contributed by atoms with van der Waals surface area (Å²) in [7, 11) is 3.57. The number of fused-ring (bicyclic) bond motifs is 1. The molecule has 1 unspecified atom stereocenters. The standard InChI is InChI=1S/C24H26N4O2/c1-28-14-13-25-24(28)23(17-7-5-9-19(15-17)30-2)27-22(29)12-6-8-18-16-26-21-11-4-3-10-20(18)21/h3-5,7,9-11,13-16,23,26H,6,8,12H2,1-2H3,(H,27,29). The molecule has 0 bridgehead atoms. The summed E-state index contributed by atoms with van der Waals surface area (Å²) in [4.78, 5) is 20.5. The Labute approximate surface area is 175 Å². The zero-order chi connectivity index (χ0) is 20.9. The van der Waals surface area contributed by atoms with Gasteiger partial charge in [0, 0.05) is 43.0 Å². The van der Waals surface area contributed by atoms with Gasteiger partial charge in [0.1, 0.15) is 17.6 Å². The lowest BCUT2D eigenvalue weighted by molar-refractivity contribution is -0.121. The largest absolute Gasteiger partial charge is 0.497 e. The van der Waals surface area contributed by atoms with Gasteiger partial charge in [0.15, 0.2) is 0 Å². The molecule has 6 heteroatoms. The number of rotatable bonds is 8. The second-order valence-corrected chi connectivity index (χ2v) is 7.39. The minimum absolute atomic E-state index is 0.00524. The Hall–Kier alpha value is -3.54. The normalized spacial score (nSPS) is 12.1. The molecule has 154 valence electrons. The Kier molecular flexibility index (Phi) is 5.84. The van der Waals surface area contributed by atoms with E-state index in [9.17, 15) is 4.79 Å². The summed E-state index contributed by atoms with van der Waals surface area (Å²) in [5.74, 6) is 1.54. The average molecular weight is 402 g/mol. The Morgan fingerprint density at radius 3 is 2.90 bits per heavy atom. The van der Waals surface area contributed by atoms with Crippen molar-refractivity contribution in [3.63, 3.8) is 0 Å². The van der Waals surface area contributed by atoms with Crippen molar-refractivity contribution < 1.29 is 9.53 Å². The Bertz CT molecular complexity index is 1140. The zero-order valence-corrected chi connectivity index (χ0v) is 17.3. The van der Waals surface area contributed by atoms with Crippen LogP contribution in [0.1, 0.15) is 35.8 Å². The number of carbonyl (C=O) groups is 1. The third-order valence-corrected chi connectivity index (χ3v) is 5.37. The Balaban J connectivity index is 1.44. The molecule has 0 aliphatic carbocycles. The number of nitrogens with one attached hydrogen (secondary N) is 2. The first kappa shape index (κ1) is 19.8. The van der Waals surface area contributed by atoms with E-state index < -0.39 is 0 Å². The summed E-state index contributed by atoms with van der Waals surface area (Å²) in [5.41, 5.74) is 3.31. The smallest absolute Gasteiger partial charge is 0.220 e. The first-order chi connectivity index (χ1) is 14.7. The van der Waals surface area contributed by atoms with Crippen molar-refractivity contribution in [1.29, 1.82) is 0 Å². The number of amides is 1. The Morgan fingerprint density at radius 2 is 2.10 bits per heavy atom. The highest BCUT2D eigenvalue weighted by Crippen LogP contribution is 2.25. The van der Waals surface area contributed by atoms with Crippen LogP contribution in [0.3, 0.4) is 0 Å². The van der Waals surface area contributed by atoms with Gasteiger partial charge in [0.2, 0.25) is 5.91 Å². The maximum Gasteiger partial charge on any atom is 0.220 e. The lowest BCUT2D eigenvalue weighted by Gasteiger charge is -2.20. The highest BCUT2D eigenvalue weighted by atomic mass is 16.5. The van der Waals surface area contributed by atoms with Crippen molar-refractivity contribution in [3.8, 4) is 5.75 Å². The number of benzene rings is 2. The number of carbonyl (C=O) groups excluding carboxylic acids is 1. The van der Waals surface area contributed by atoms with Gasteiger partial charge in [-0.15, -0.1) is 0 Å². The minimum atomic E-state index is -0.333. The second-order valence-electron chi connectivity index (χ2n) is 7.39. The van der Waals surface area contributed by atoms with Crippen LogP contribution >= 0.6 is 0 Å². The third-order valence-electron chi connectivity index (χ3n) is 5.37. The molecule has 0 saturated heterocycles. The van der Waals surface area contributed by atoms with E-state index in [1.54, 1.807) is 13.3 Å². The molecule has 0 saturated carbocycles. The quantitative estimate of drug-likeness (QED) is 0.465. The van der Waals surface area contributed by atoms with Gasteiger partial charge in [-0.05, 0) is 42.2 Å². The highest BCUT2D eigenvalue weighted by molar-refractivity contribution is 5.83. The maximum atomic E-state index is 12.8. The first-order valence-corrected chi connectivity index (χ1v) is 10.1. The van der Waals surface area contributed by atoms with Crippen LogP contribution in [0.5, 0.6) is 5.75 Å². The molecule has 1 atom stereocenters. The fourth-order valence-corrected chi connectivity index (χ4v) is 3.78. The van der Waals surface area contributed by atoms with E-state index in [4.69, 9.17) is 4.74 Å². The predicted octanol–water partition coefficient (Wildman–Crippen LogP) is 4.14. The summed E-state index contributed by atoms with van der Waals surface area (Å²) < 4.78 is 7.28. The van der Waals surface area contributed by atoms with E-state index >= 15 is 0 Å². The van der Waals surface area contributed by atoms with Gasteiger partial charge in [-0.2, -0.15) is 0 Å². The number of aromatic amines is 1. The van der Waals surface area contributed by atoms with Gasteiger partial charge in [-0.3, -0.25) is 4.79 Å². The minimum Gasteiger partial charge on any atom is -0.497 e. The molecule has 1 amide bonds. The van der Waals surface area contributed by atoms with Crippen LogP contribution in [0.25, 0.3) is 10.9 Å². The summed E-state index contributed by atoms with van der Waals surface area (Å²) >= 11 is 0. The number of H-pyrrole nitrogens is 1. The number of ether oxygens (including phenoxy) is 1. The molecule has 0 radical (unpaired) electrons. The molecule has 6 nitrogen and oxygen atoms in total. The van der Waals surface area contributed by atoms with E-state index in [0.29, 0.717) is 6.42 Å². The molecule has 0 spiro atoms. The lowest BCUT2D eigenvalue weighted by atomic mass is 10.0. The van der Waals surface area contributed by atoms with Crippen molar-refractivity contribution in [3.05, 3.63) is 84.1 Å². The second kappa shape index (κ2) is 8.86. The molecule has 2 heterocycles. The van der Waals surface area contributed by atoms with E-state index in [1.165, 1.54) is 10.9 Å². The van der Waals surface area contributed by atoms with Crippen molar-refractivity contribution in [2.75, 3.05) is 7.11 Å². The number of hydrogen-bond donors (Lipinski definition) is 2. The molecule has 4 rings (SSSR count). The van der Waals surface area contributed by atoms with Crippen LogP contribution in [0.15, 0.2) is 67.1 Å². The Morgan fingerprint density at radius 1 is 1.23 bits per heavy atom. The number of nitrogens with zero attached hydrogens (tertiary/aromatic N) is 2. The van der Waals surface area contributed by atoms with E-state index in [2.05, 4.69) is 27.4 Å². The molecule has 30 heavy (non-hydrogen) atoms. The SMILES string of the molecule is COc1cccc(C(NC(=O)CCCc2c[nH]c3ccccc23)c2nccn2C)c1. The van der Waals surface area contributed by atoms with E-state index in [1.807, 2.05) is 60.4 Å². The van der Waals surface area contributed by atoms with Gasteiger partial charge < -0.3 is 19.6 Å². The van der Waals surface area contributed by atoms with Crippen molar-refractivity contribution >= 4 is 16.8 Å². The van der Waals surface area contributed by atoms with Gasteiger partial charge in [0.25, 0.3) is 0 Å². The van der Waals surface area contributed by atoms with Crippen molar-refractivity contribution in [2.24, 2.45) is 7.05 Å². The predicted molar refractivity (Wildman–Crippen MR) is 117 cm³/mol. The van der Waals surface area contributed by atoms with Crippen LogP contribution in [0.4, 0.5) is 0 Å². The molecular formula is C24H26N4O2. The van der Waals surface area contributed by atoms with Crippen LogP contribution in [-0.4, -0.2) is 27.6 Å². The third kappa shape index (κ3) is 4.22. The number of aromatic nitrogens is 3. The molecular weight excluding hydrogens is 376 g/mol. The fraction of sp³-hybridized carbons (Fsp3) is 0.250. The maximum absolute atomic E-state index is 12.8. The molecule has 0 aliphatic rings. The van der Waals surface area contributed by atoms with E-state index in [0.717, 1.165) is 35.5 Å². The van der Waals surface area contributed by atoms with Crippen LogP contribution in [0, 0.1) is 0 Å². The van der Waals surface area contributed by atoms with Gasteiger partial charge in [-0.1, -0.05) is 30.3 Å². The number of para-hydroxylation sites is 1. The van der Waals surface area contributed by atoms with Gasteiger partial charge >= 0.3 is 0 Å². The first-order valence-electron chi connectivity index (χ1n) is 10.1.